The number of nitrogens with one attached hydrogen (secondary N) is 2. The molecule has 0 aliphatic rings. The topological polar surface area (TPSA) is 54.9 Å². The number of guanidine groups is 1. The third-order valence-corrected chi connectivity index (χ3v) is 3.09. The fourth-order valence-electron chi connectivity index (χ4n) is 1.93. The number of allylic oxidation sites excluding steroid dienone is 1. The quantitative estimate of drug-likeness (QED) is 0.217. The normalized spacial score (nSPS) is 11.0. The van der Waals surface area contributed by atoms with Crippen molar-refractivity contribution in [1.29, 1.82) is 0 Å². The molecule has 0 bridgehead atoms. The highest BCUT2D eigenvalue weighted by Crippen LogP contribution is 2.25. The maximum absolute atomic E-state index is 5.39. The molecule has 0 amide bonds. The number of ether oxygens (including phenoxy) is 2. The lowest BCUT2D eigenvalue weighted by Crippen LogP contribution is -2.37. The van der Waals surface area contributed by atoms with E-state index in [0.29, 0.717) is 6.54 Å². The van der Waals surface area contributed by atoms with Crippen LogP contribution in [0.15, 0.2) is 35.3 Å². The minimum Gasteiger partial charge on any atom is -0.497 e. The summed E-state index contributed by atoms with van der Waals surface area (Å²) < 4.78 is 10.6. The van der Waals surface area contributed by atoms with Crippen LogP contribution in [0.5, 0.6) is 11.5 Å². The molecule has 0 saturated heterocycles. The van der Waals surface area contributed by atoms with Gasteiger partial charge in [0.15, 0.2) is 5.96 Å². The maximum Gasteiger partial charge on any atom is 0.191 e. The predicted octanol–water partition coefficient (Wildman–Crippen LogP) is 3.34. The summed E-state index contributed by atoms with van der Waals surface area (Å²) in [5.41, 5.74) is 1.02. The number of benzene rings is 1. The van der Waals surface area contributed by atoms with Crippen molar-refractivity contribution in [1.82, 2.24) is 10.6 Å². The highest BCUT2D eigenvalue weighted by Gasteiger charge is 2.05. The monoisotopic (exact) mass is 433 g/mol. The smallest absolute Gasteiger partial charge is 0.191 e. The van der Waals surface area contributed by atoms with Crippen molar-refractivity contribution in [2.24, 2.45) is 4.99 Å². The summed E-state index contributed by atoms with van der Waals surface area (Å²) in [4.78, 5) is 4.59. The molecule has 0 spiro atoms. The molecular formula is C17H28IN3O2. The molecule has 0 heterocycles. The second-order valence-corrected chi connectivity index (χ2v) is 4.66. The van der Waals surface area contributed by atoms with Crippen molar-refractivity contribution in [2.45, 2.75) is 26.8 Å². The average Bonchev–Trinajstić information content (AvgIpc) is 2.56. The Hall–Kier alpha value is -1.44. The number of nitrogens with zero attached hydrogens (tertiary/aromatic N) is 1. The van der Waals surface area contributed by atoms with Gasteiger partial charge in [-0.15, -0.1) is 24.0 Å². The number of aliphatic imine (C=N–C) groups is 1. The highest BCUT2D eigenvalue weighted by molar-refractivity contribution is 14.0. The number of rotatable bonds is 8. The summed E-state index contributed by atoms with van der Waals surface area (Å²) in [7, 11) is 3.30. The van der Waals surface area contributed by atoms with Gasteiger partial charge in [0.1, 0.15) is 11.5 Å². The molecule has 2 N–H and O–H groups in total. The van der Waals surface area contributed by atoms with Crippen molar-refractivity contribution in [3.8, 4) is 11.5 Å². The van der Waals surface area contributed by atoms with Gasteiger partial charge in [0.25, 0.3) is 0 Å². The molecule has 0 aliphatic heterocycles. The molecule has 23 heavy (non-hydrogen) atoms. The van der Waals surface area contributed by atoms with Gasteiger partial charge in [-0.1, -0.05) is 12.2 Å². The van der Waals surface area contributed by atoms with E-state index in [2.05, 4.69) is 28.6 Å². The van der Waals surface area contributed by atoms with E-state index in [1.165, 1.54) is 0 Å². The fourth-order valence-corrected chi connectivity index (χ4v) is 1.93. The molecule has 1 aromatic rings. The van der Waals surface area contributed by atoms with E-state index in [4.69, 9.17) is 9.47 Å². The minimum atomic E-state index is 0. The summed E-state index contributed by atoms with van der Waals surface area (Å²) in [5, 5.41) is 6.55. The van der Waals surface area contributed by atoms with Crippen LogP contribution >= 0.6 is 24.0 Å². The molecule has 0 atom stereocenters. The Balaban J connectivity index is 0.00000484. The van der Waals surface area contributed by atoms with Gasteiger partial charge < -0.3 is 20.1 Å². The Kier molecular flexibility index (Phi) is 12.2. The second kappa shape index (κ2) is 13.0. The van der Waals surface area contributed by atoms with Crippen LogP contribution in [-0.4, -0.2) is 33.3 Å². The molecule has 0 fully saturated rings. The van der Waals surface area contributed by atoms with Crippen LogP contribution in [0.4, 0.5) is 0 Å². The molecule has 130 valence electrons. The van der Waals surface area contributed by atoms with Gasteiger partial charge in [-0.05, 0) is 32.4 Å². The van der Waals surface area contributed by atoms with Crippen molar-refractivity contribution in [3.63, 3.8) is 0 Å². The minimum absolute atomic E-state index is 0. The zero-order valence-electron chi connectivity index (χ0n) is 14.4. The molecule has 6 heteroatoms. The van der Waals surface area contributed by atoms with Crippen molar-refractivity contribution < 1.29 is 9.47 Å². The summed E-state index contributed by atoms with van der Waals surface area (Å²) >= 11 is 0. The van der Waals surface area contributed by atoms with E-state index >= 15 is 0 Å². The Bertz CT molecular complexity index is 505. The van der Waals surface area contributed by atoms with E-state index in [9.17, 15) is 0 Å². The van der Waals surface area contributed by atoms with Crippen LogP contribution in [0.2, 0.25) is 0 Å². The first-order valence-electron chi connectivity index (χ1n) is 7.59. The molecule has 0 aromatic heterocycles. The zero-order valence-corrected chi connectivity index (χ0v) is 16.7. The largest absolute Gasteiger partial charge is 0.497 e. The first-order chi connectivity index (χ1) is 10.7. The number of hydrogen-bond donors (Lipinski definition) is 2. The Morgan fingerprint density at radius 2 is 2.00 bits per heavy atom. The van der Waals surface area contributed by atoms with Crippen molar-refractivity contribution >= 4 is 29.9 Å². The van der Waals surface area contributed by atoms with E-state index < -0.39 is 0 Å². The SMILES string of the molecule is CC=CCCNC(=NCc1ccc(OC)cc1OC)NCC.I. The third kappa shape index (κ3) is 8.11. The lowest BCUT2D eigenvalue weighted by Gasteiger charge is -2.12. The second-order valence-electron chi connectivity index (χ2n) is 4.66. The predicted molar refractivity (Wildman–Crippen MR) is 107 cm³/mol. The van der Waals surface area contributed by atoms with Crippen LogP contribution in [0.1, 0.15) is 25.8 Å². The van der Waals surface area contributed by atoms with Gasteiger partial charge in [0, 0.05) is 24.7 Å². The molecule has 0 aliphatic carbocycles. The number of hydrogen-bond acceptors (Lipinski definition) is 3. The molecule has 0 saturated carbocycles. The van der Waals surface area contributed by atoms with Gasteiger partial charge in [-0.25, -0.2) is 4.99 Å². The van der Waals surface area contributed by atoms with E-state index in [0.717, 1.165) is 42.5 Å². The molecule has 0 radical (unpaired) electrons. The summed E-state index contributed by atoms with van der Waals surface area (Å²) in [6.07, 6.45) is 5.16. The lowest BCUT2D eigenvalue weighted by molar-refractivity contribution is 0.391. The summed E-state index contributed by atoms with van der Waals surface area (Å²) in [6, 6.07) is 5.77. The molecule has 5 nitrogen and oxygen atoms in total. The summed E-state index contributed by atoms with van der Waals surface area (Å²) in [6.45, 7) is 6.31. The first-order valence-corrected chi connectivity index (χ1v) is 7.59. The van der Waals surface area contributed by atoms with Gasteiger partial charge in [-0.3, -0.25) is 0 Å². The Labute approximate surface area is 156 Å². The lowest BCUT2D eigenvalue weighted by atomic mass is 10.2. The Morgan fingerprint density at radius 1 is 1.22 bits per heavy atom. The standard InChI is InChI=1S/C17H27N3O2.HI/c1-5-7-8-11-19-17(18-6-2)20-13-14-9-10-15(21-3)12-16(14)22-4;/h5,7,9-10,12H,6,8,11,13H2,1-4H3,(H2,18,19,20);1H. The fraction of sp³-hybridized carbons (Fsp3) is 0.471. The van der Waals surface area contributed by atoms with E-state index in [-0.39, 0.29) is 24.0 Å². The third-order valence-electron chi connectivity index (χ3n) is 3.09. The van der Waals surface area contributed by atoms with Crippen molar-refractivity contribution in [2.75, 3.05) is 27.3 Å². The first kappa shape index (κ1) is 21.6. The molecular weight excluding hydrogens is 405 g/mol. The van der Waals surface area contributed by atoms with Crippen LogP contribution in [0, 0.1) is 0 Å². The van der Waals surface area contributed by atoms with Crippen LogP contribution in [0.3, 0.4) is 0 Å². The number of halogens is 1. The zero-order chi connectivity index (χ0) is 16.2. The van der Waals surface area contributed by atoms with Gasteiger partial charge >= 0.3 is 0 Å². The molecule has 1 aromatic carbocycles. The molecule has 1 rings (SSSR count). The van der Waals surface area contributed by atoms with E-state index in [1.807, 2.05) is 31.2 Å². The van der Waals surface area contributed by atoms with Crippen LogP contribution < -0.4 is 20.1 Å². The highest BCUT2D eigenvalue weighted by atomic mass is 127. The number of methoxy groups -OCH3 is 2. The Morgan fingerprint density at radius 3 is 2.61 bits per heavy atom. The van der Waals surface area contributed by atoms with Crippen LogP contribution in [0.25, 0.3) is 0 Å². The molecule has 0 unspecified atom stereocenters. The van der Waals surface area contributed by atoms with Gasteiger partial charge in [-0.2, -0.15) is 0 Å². The maximum atomic E-state index is 5.39. The van der Waals surface area contributed by atoms with Gasteiger partial charge in [0.2, 0.25) is 0 Å². The average molecular weight is 433 g/mol. The van der Waals surface area contributed by atoms with Gasteiger partial charge in [0.05, 0.1) is 20.8 Å². The van der Waals surface area contributed by atoms with Crippen LogP contribution in [-0.2, 0) is 6.54 Å². The van der Waals surface area contributed by atoms with Crippen molar-refractivity contribution in [3.05, 3.63) is 35.9 Å². The summed E-state index contributed by atoms with van der Waals surface area (Å²) in [5.74, 6) is 2.37. The van der Waals surface area contributed by atoms with E-state index in [1.54, 1.807) is 14.2 Å².